The topological polar surface area (TPSA) is 69.9 Å². The summed E-state index contributed by atoms with van der Waals surface area (Å²) in [7, 11) is 1.97. The van der Waals surface area contributed by atoms with Crippen LogP contribution >= 0.6 is 0 Å². The summed E-state index contributed by atoms with van der Waals surface area (Å²) >= 11 is 0. The lowest BCUT2D eigenvalue weighted by Gasteiger charge is -2.00. The molecule has 2 aromatic heterocycles. The smallest absolute Gasteiger partial charge is 0.181 e. The second kappa shape index (κ2) is 3.96. The monoisotopic (exact) mass is 242 g/mol. The van der Waals surface area contributed by atoms with Crippen LogP contribution in [-0.4, -0.2) is 14.5 Å². The molecule has 92 valence electrons. The Morgan fingerprint density at radius 2 is 2.22 bits per heavy atom. The molecule has 0 amide bonds. The Hall–Kier alpha value is -2.14. The highest BCUT2D eigenvalue weighted by Crippen LogP contribution is 2.26. The van der Waals surface area contributed by atoms with Crippen molar-refractivity contribution < 1.29 is 4.42 Å². The van der Waals surface area contributed by atoms with E-state index >= 15 is 0 Å². The molecular weight excluding hydrogens is 228 g/mol. The first-order chi connectivity index (χ1) is 8.70. The molecule has 1 aromatic carbocycles. The summed E-state index contributed by atoms with van der Waals surface area (Å²) in [4.78, 5) is 8.67. The van der Waals surface area contributed by atoms with E-state index in [4.69, 9.17) is 10.2 Å². The number of fused-ring (bicyclic) bond motifs is 1. The summed E-state index contributed by atoms with van der Waals surface area (Å²) in [5.41, 5.74) is 10.3. The van der Waals surface area contributed by atoms with E-state index in [1.54, 1.807) is 0 Å². The van der Waals surface area contributed by atoms with Crippen molar-refractivity contribution in [3.63, 3.8) is 0 Å². The van der Waals surface area contributed by atoms with Crippen LogP contribution < -0.4 is 5.73 Å². The molecule has 0 saturated heterocycles. The molecule has 0 bridgehead atoms. The van der Waals surface area contributed by atoms with E-state index < -0.39 is 0 Å². The summed E-state index contributed by atoms with van der Waals surface area (Å²) in [6, 6.07) is 5.89. The van der Waals surface area contributed by atoms with Crippen LogP contribution in [0.1, 0.15) is 11.5 Å². The number of oxazole rings is 1. The summed E-state index contributed by atoms with van der Waals surface area (Å²) in [5, 5.41) is 0. The minimum Gasteiger partial charge on any atom is -0.443 e. The molecule has 2 heterocycles. The summed E-state index contributed by atoms with van der Waals surface area (Å²) < 4.78 is 7.33. The molecule has 5 nitrogen and oxygen atoms in total. The van der Waals surface area contributed by atoms with Gasteiger partial charge in [0.25, 0.3) is 0 Å². The normalized spacial score (nSPS) is 11.3. The Morgan fingerprint density at radius 3 is 2.94 bits per heavy atom. The fraction of sp³-hybridized carbons (Fsp3) is 0.231. The van der Waals surface area contributed by atoms with E-state index in [-0.39, 0.29) is 0 Å². The molecule has 0 aliphatic rings. The van der Waals surface area contributed by atoms with Gasteiger partial charge in [-0.3, -0.25) is 0 Å². The number of nitrogens with two attached hydrogens (primary N) is 1. The maximum atomic E-state index is 5.67. The van der Waals surface area contributed by atoms with E-state index in [2.05, 4.69) is 9.97 Å². The Balaban J connectivity index is 2.19. The predicted octanol–water partition coefficient (Wildman–Crippen LogP) is 2.00. The maximum absolute atomic E-state index is 5.67. The first kappa shape index (κ1) is 11.0. The van der Waals surface area contributed by atoms with Crippen molar-refractivity contribution in [1.29, 1.82) is 0 Å². The third kappa shape index (κ3) is 1.52. The van der Waals surface area contributed by atoms with Gasteiger partial charge in [-0.15, -0.1) is 0 Å². The van der Waals surface area contributed by atoms with Gasteiger partial charge in [0.15, 0.2) is 12.0 Å². The van der Waals surface area contributed by atoms with Gasteiger partial charge in [0.05, 0.1) is 12.2 Å². The van der Waals surface area contributed by atoms with Gasteiger partial charge in [0.2, 0.25) is 0 Å². The van der Waals surface area contributed by atoms with E-state index in [1.165, 1.54) is 6.39 Å². The lowest BCUT2D eigenvalue weighted by Crippen LogP contribution is -2.05. The zero-order valence-electron chi connectivity index (χ0n) is 10.3. The number of benzene rings is 1. The highest BCUT2D eigenvalue weighted by molar-refractivity contribution is 5.79. The third-order valence-corrected chi connectivity index (χ3v) is 3.26. The second-order valence-corrected chi connectivity index (χ2v) is 4.26. The largest absolute Gasteiger partial charge is 0.443 e. The van der Waals surface area contributed by atoms with Crippen molar-refractivity contribution in [3.05, 3.63) is 36.1 Å². The Bertz CT molecular complexity index is 711. The van der Waals surface area contributed by atoms with Crippen molar-refractivity contribution >= 4 is 11.1 Å². The first-order valence-electron chi connectivity index (χ1n) is 5.76. The third-order valence-electron chi connectivity index (χ3n) is 3.26. The molecular formula is C13H14N4O. The van der Waals surface area contributed by atoms with Crippen molar-refractivity contribution in [1.82, 2.24) is 14.5 Å². The lowest BCUT2D eigenvalue weighted by atomic mass is 10.1. The number of aromatic nitrogens is 3. The van der Waals surface area contributed by atoms with Crippen molar-refractivity contribution in [2.75, 3.05) is 0 Å². The van der Waals surface area contributed by atoms with Gasteiger partial charge in [0.1, 0.15) is 11.3 Å². The summed E-state index contributed by atoms with van der Waals surface area (Å²) in [5.74, 6) is 0.875. The lowest BCUT2D eigenvalue weighted by molar-refractivity contribution is 0.602. The van der Waals surface area contributed by atoms with Crippen molar-refractivity contribution in [2.45, 2.75) is 13.5 Å². The van der Waals surface area contributed by atoms with E-state index in [0.717, 1.165) is 33.9 Å². The van der Waals surface area contributed by atoms with Gasteiger partial charge in [-0.05, 0) is 19.1 Å². The zero-order chi connectivity index (χ0) is 12.7. The fourth-order valence-electron chi connectivity index (χ4n) is 2.10. The number of hydrogen-bond acceptors (Lipinski definition) is 4. The van der Waals surface area contributed by atoms with Gasteiger partial charge in [0, 0.05) is 18.3 Å². The van der Waals surface area contributed by atoms with Crippen LogP contribution in [0.25, 0.3) is 22.4 Å². The average Bonchev–Trinajstić information content (AvgIpc) is 2.95. The molecule has 0 spiro atoms. The SMILES string of the molecule is Cc1c(-c2ccc3ncoc3c2)nc(CN)n1C. The summed E-state index contributed by atoms with van der Waals surface area (Å²) in [6.07, 6.45) is 1.45. The van der Waals surface area contributed by atoms with Crippen LogP contribution in [0.15, 0.2) is 29.0 Å². The first-order valence-corrected chi connectivity index (χ1v) is 5.76. The summed E-state index contributed by atoms with van der Waals surface area (Å²) in [6.45, 7) is 2.47. The highest BCUT2D eigenvalue weighted by atomic mass is 16.3. The molecule has 3 rings (SSSR count). The Morgan fingerprint density at radius 1 is 1.39 bits per heavy atom. The molecule has 0 unspecified atom stereocenters. The quantitative estimate of drug-likeness (QED) is 0.746. The molecule has 0 saturated carbocycles. The standard InChI is InChI=1S/C13H14N4O/c1-8-13(16-12(6-14)17(8)2)9-3-4-10-11(5-9)18-7-15-10/h3-5,7H,6,14H2,1-2H3. The van der Waals surface area contributed by atoms with Crippen molar-refractivity contribution in [2.24, 2.45) is 12.8 Å². The van der Waals surface area contributed by atoms with Gasteiger partial charge in [-0.1, -0.05) is 6.07 Å². The van der Waals surface area contributed by atoms with Crippen LogP contribution in [-0.2, 0) is 13.6 Å². The number of rotatable bonds is 2. The number of nitrogens with zero attached hydrogens (tertiary/aromatic N) is 3. The molecule has 0 aliphatic carbocycles. The highest BCUT2D eigenvalue weighted by Gasteiger charge is 2.12. The molecule has 2 N–H and O–H groups in total. The van der Waals surface area contributed by atoms with Gasteiger partial charge in [-0.2, -0.15) is 0 Å². The minimum absolute atomic E-state index is 0.432. The average molecular weight is 242 g/mol. The van der Waals surface area contributed by atoms with E-state index in [1.807, 2.05) is 36.7 Å². The molecule has 5 heteroatoms. The molecule has 0 atom stereocenters. The van der Waals surface area contributed by atoms with Crippen LogP contribution in [0, 0.1) is 6.92 Å². The van der Waals surface area contributed by atoms with Gasteiger partial charge in [-0.25, -0.2) is 9.97 Å². The van der Waals surface area contributed by atoms with Gasteiger partial charge >= 0.3 is 0 Å². The maximum Gasteiger partial charge on any atom is 0.181 e. The Kier molecular flexibility index (Phi) is 2.41. The second-order valence-electron chi connectivity index (χ2n) is 4.26. The van der Waals surface area contributed by atoms with Crippen LogP contribution in [0.3, 0.4) is 0 Å². The zero-order valence-corrected chi connectivity index (χ0v) is 10.3. The predicted molar refractivity (Wildman–Crippen MR) is 68.8 cm³/mol. The van der Waals surface area contributed by atoms with Crippen LogP contribution in [0.2, 0.25) is 0 Å². The fourth-order valence-corrected chi connectivity index (χ4v) is 2.10. The molecule has 0 fully saturated rings. The molecule has 3 aromatic rings. The minimum atomic E-state index is 0.432. The van der Waals surface area contributed by atoms with Crippen LogP contribution in [0.4, 0.5) is 0 Å². The van der Waals surface area contributed by atoms with Crippen LogP contribution in [0.5, 0.6) is 0 Å². The van der Waals surface area contributed by atoms with E-state index in [0.29, 0.717) is 6.54 Å². The number of imidazole rings is 1. The molecule has 18 heavy (non-hydrogen) atoms. The Labute approximate surface area is 104 Å². The number of hydrogen-bond donors (Lipinski definition) is 1. The van der Waals surface area contributed by atoms with Gasteiger partial charge < -0.3 is 14.7 Å². The molecule has 0 radical (unpaired) electrons. The van der Waals surface area contributed by atoms with Crippen molar-refractivity contribution in [3.8, 4) is 11.3 Å². The molecule has 0 aliphatic heterocycles. The van der Waals surface area contributed by atoms with E-state index in [9.17, 15) is 0 Å².